The lowest BCUT2D eigenvalue weighted by molar-refractivity contribution is -0.120. The summed E-state index contributed by atoms with van der Waals surface area (Å²) in [6, 6.07) is 19.1. The van der Waals surface area contributed by atoms with Crippen molar-refractivity contribution in [1.82, 2.24) is 25.3 Å². The first-order valence-corrected chi connectivity index (χ1v) is 22.3. The first kappa shape index (κ1) is 45.0. The maximum Gasteiger partial charge on any atom is 0.328 e. The number of amides is 5. The molecule has 0 aliphatic carbocycles. The summed E-state index contributed by atoms with van der Waals surface area (Å²) in [4.78, 5) is 58.7. The molecule has 15 nitrogen and oxygen atoms in total. The number of ether oxygens (including phenoxy) is 1. The summed E-state index contributed by atoms with van der Waals surface area (Å²) in [5, 5.41) is 13.0. The van der Waals surface area contributed by atoms with E-state index >= 15 is 0 Å². The molecule has 5 heterocycles. The van der Waals surface area contributed by atoms with Crippen LogP contribution in [0.5, 0.6) is 5.75 Å². The van der Waals surface area contributed by atoms with E-state index in [4.69, 9.17) is 10.8 Å². The molecule has 350 valence electrons. The third-order valence-electron chi connectivity index (χ3n) is 13.3. The Morgan fingerprint density at radius 1 is 0.776 bits per heavy atom. The number of rotatable bonds is 11. The molecule has 5 N–H and O–H groups in total. The summed E-state index contributed by atoms with van der Waals surface area (Å²) < 4.78 is 63.0. The van der Waals surface area contributed by atoms with E-state index < -0.39 is 46.4 Å². The fraction of sp³-hybridized carbons (Fsp3) is 0.354. The number of aromatic nitrogens is 2. The van der Waals surface area contributed by atoms with E-state index in [-0.39, 0.29) is 24.0 Å². The number of hydrogen-bond donors (Lipinski definition) is 4. The number of carbonyl (C=O) groups is 4. The average molecular weight is 923 g/mol. The highest BCUT2D eigenvalue weighted by Crippen LogP contribution is 2.37. The van der Waals surface area contributed by atoms with Gasteiger partial charge in [-0.1, -0.05) is 12.1 Å². The number of anilines is 5. The average Bonchev–Trinajstić information content (AvgIpc) is 3.60. The number of piperazine rings is 1. The van der Waals surface area contributed by atoms with Crippen molar-refractivity contribution < 1.29 is 41.5 Å². The van der Waals surface area contributed by atoms with Crippen molar-refractivity contribution in [3.63, 3.8) is 0 Å². The van der Waals surface area contributed by atoms with Crippen LogP contribution in [0.3, 0.4) is 0 Å². The van der Waals surface area contributed by atoms with Crippen LogP contribution < -0.4 is 41.1 Å². The van der Waals surface area contributed by atoms with Crippen molar-refractivity contribution in [1.29, 1.82) is 0 Å². The minimum absolute atomic E-state index is 0.179. The first-order valence-electron chi connectivity index (χ1n) is 22.3. The Bertz CT molecular complexity index is 2770. The van der Waals surface area contributed by atoms with Gasteiger partial charge in [-0.05, 0) is 97.3 Å². The van der Waals surface area contributed by atoms with Gasteiger partial charge in [-0.3, -0.25) is 29.5 Å². The van der Waals surface area contributed by atoms with Gasteiger partial charge in [-0.15, -0.1) is 0 Å². The molecule has 0 bridgehead atoms. The lowest BCUT2D eigenvalue weighted by Crippen LogP contribution is -2.49. The third-order valence-corrected chi connectivity index (χ3v) is 13.3. The number of imide groups is 1. The number of nitrogens with zero attached hydrogens (tertiary/aromatic N) is 6. The molecule has 0 spiro atoms. The van der Waals surface area contributed by atoms with Crippen LogP contribution >= 0.6 is 0 Å². The topological polar surface area (TPSA) is 170 Å². The van der Waals surface area contributed by atoms with Gasteiger partial charge < -0.3 is 30.9 Å². The zero-order chi connectivity index (χ0) is 47.1. The number of nitrogens with two attached hydrogens (primary N) is 1. The standard InChI is InChI=1S/C48H50F4N10O5/c1-27-23-30(3-4-31(27)25-54-47(65)37-39(49)40(50)41(51)42(52)44(37)67-2)43-38(45(53)64)46-55-35-10-9-34(24-29(35)13-18-62(46)57-43)60-21-19-58(20-22-60)26-28-11-15-59(16-12-28)32-5-7-33(8-6-32)61-17-14-36(63)56-48(61)66/h3-10,23-24,28,55H,11-22,25-26H2,1-2H3,(H2,53,64)(H,54,65)(H,56,63,66). The quantitative estimate of drug-likeness (QED) is 0.0677. The normalized spacial score (nSPS) is 16.8. The second-order valence-electron chi connectivity index (χ2n) is 17.4. The van der Waals surface area contributed by atoms with Gasteiger partial charge in [-0.2, -0.15) is 9.49 Å². The molecular weight excluding hydrogens is 873 g/mol. The summed E-state index contributed by atoms with van der Waals surface area (Å²) in [6.07, 6.45) is 3.16. The monoisotopic (exact) mass is 922 g/mol. The van der Waals surface area contributed by atoms with Gasteiger partial charge in [0.25, 0.3) is 11.8 Å². The van der Waals surface area contributed by atoms with E-state index in [1.54, 1.807) is 34.7 Å². The second kappa shape index (κ2) is 18.6. The lowest BCUT2D eigenvalue weighted by atomic mass is 9.95. The van der Waals surface area contributed by atoms with Gasteiger partial charge in [0.05, 0.1) is 7.11 Å². The number of piperidine rings is 1. The number of hydrogen-bond acceptors (Lipinski definition) is 10. The Kier molecular flexibility index (Phi) is 12.5. The van der Waals surface area contributed by atoms with Gasteiger partial charge in [0, 0.05) is 100 Å². The van der Waals surface area contributed by atoms with Crippen molar-refractivity contribution in [2.75, 3.05) is 79.5 Å². The second-order valence-corrected chi connectivity index (χ2v) is 17.4. The number of urea groups is 1. The van der Waals surface area contributed by atoms with Gasteiger partial charge in [0.2, 0.25) is 17.5 Å². The van der Waals surface area contributed by atoms with E-state index in [1.807, 2.05) is 18.2 Å². The summed E-state index contributed by atoms with van der Waals surface area (Å²) >= 11 is 0. The largest absolute Gasteiger partial charge is 0.493 e. The van der Waals surface area contributed by atoms with Crippen LogP contribution in [-0.2, 0) is 24.3 Å². The summed E-state index contributed by atoms with van der Waals surface area (Å²) in [5.41, 5.74) is 12.2. The van der Waals surface area contributed by atoms with Gasteiger partial charge in [-0.25, -0.2) is 22.6 Å². The van der Waals surface area contributed by atoms with E-state index in [2.05, 4.69) is 59.7 Å². The number of nitrogens with one attached hydrogen (secondary N) is 3. The SMILES string of the molecule is COc1c(F)c(F)c(F)c(F)c1C(=O)NCc1ccc(-c2nn3c(c2C(N)=O)Nc2ccc(N4CCN(CC5CCN(c6ccc(N7CCC(=O)NC7=O)cc6)CC5)CC4)cc2CC3)cc1C. The van der Waals surface area contributed by atoms with Crippen molar-refractivity contribution in [2.45, 2.75) is 45.7 Å². The van der Waals surface area contributed by atoms with Gasteiger partial charge in [0.1, 0.15) is 22.6 Å². The number of methoxy groups -OCH3 is 1. The van der Waals surface area contributed by atoms with Crippen LogP contribution in [0.1, 0.15) is 56.7 Å². The molecule has 0 saturated carbocycles. The number of primary amides is 1. The zero-order valence-corrected chi connectivity index (χ0v) is 37.1. The molecule has 3 saturated heterocycles. The van der Waals surface area contributed by atoms with Gasteiger partial charge >= 0.3 is 6.03 Å². The Hall–Kier alpha value is -7.15. The molecule has 67 heavy (non-hydrogen) atoms. The van der Waals surface area contributed by atoms with Crippen LogP contribution in [0.15, 0.2) is 60.7 Å². The molecule has 5 aromatic rings. The Labute approximate surface area is 383 Å². The Balaban J connectivity index is 0.791. The smallest absolute Gasteiger partial charge is 0.328 e. The van der Waals surface area contributed by atoms with Crippen molar-refractivity contribution in [2.24, 2.45) is 11.7 Å². The van der Waals surface area contributed by atoms with E-state index in [0.29, 0.717) is 60.1 Å². The molecule has 19 heteroatoms. The highest BCUT2D eigenvalue weighted by Gasteiger charge is 2.32. The minimum Gasteiger partial charge on any atom is -0.493 e. The third kappa shape index (κ3) is 8.94. The van der Waals surface area contributed by atoms with Crippen LogP contribution in [0, 0.1) is 36.1 Å². The predicted molar refractivity (Wildman–Crippen MR) is 244 cm³/mol. The highest BCUT2D eigenvalue weighted by molar-refractivity contribution is 6.06. The van der Waals surface area contributed by atoms with Crippen LogP contribution in [0.2, 0.25) is 0 Å². The number of halogens is 4. The van der Waals surface area contributed by atoms with Crippen LogP contribution in [-0.4, -0.2) is 97.9 Å². The summed E-state index contributed by atoms with van der Waals surface area (Å²) in [5.74, 6) is -10.0. The number of fused-ring (bicyclic) bond motifs is 2. The van der Waals surface area contributed by atoms with Crippen molar-refractivity contribution >= 4 is 52.3 Å². The first-order chi connectivity index (χ1) is 32.3. The number of benzene rings is 4. The van der Waals surface area contributed by atoms with E-state index in [0.717, 1.165) is 94.1 Å². The fourth-order valence-corrected chi connectivity index (χ4v) is 9.54. The van der Waals surface area contributed by atoms with Crippen molar-refractivity contribution in [3.05, 3.63) is 112 Å². The van der Waals surface area contributed by atoms with E-state index in [9.17, 15) is 36.7 Å². The molecule has 0 atom stereocenters. The highest BCUT2D eigenvalue weighted by atomic mass is 19.2. The fourth-order valence-electron chi connectivity index (χ4n) is 9.54. The molecule has 5 amide bonds. The zero-order valence-electron chi connectivity index (χ0n) is 37.1. The number of carbonyl (C=O) groups excluding carboxylic acids is 4. The Morgan fingerprint density at radius 2 is 1.46 bits per heavy atom. The van der Waals surface area contributed by atoms with Crippen molar-refractivity contribution in [3.8, 4) is 17.0 Å². The molecule has 0 unspecified atom stereocenters. The molecule has 0 radical (unpaired) electrons. The molecule has 9 rings (SSSR count). The maximum atomic E-state index is 14.6. The van der Waals surface area contributed by atoms with E-state index in [1.165, 1.54) is 0 Å². The molecular formula is C48H50F4N10O5. The lowest BCUT2D eigenvalue weighted by Gasteiger charge is -2.40. The van der Waals surface area contributed by atoms with Crippen LogP contribution in [0.4, 0.5) is 50.9 Å². The molecule has 4 aromatic carbocycles. The van der Waals surface area contributed by atoms with Crippen LogP contribution in [0.25, 0.3) is 11.3 Å². The maximum absolute atomic E-state index is 14.6. The minimum atomic E-state index is -2.13. The molecule has 4 aliphatic rings. The molecule has 4 aliphatic heterocycles. The Morgan fingerprint density at radius 3 is 2.15 bits per heavy atom. The summed E-state index contributed by atoms with van der Waals surface area (Å²) in [7, 11) is 0.906. The molecule has 3 fully saturated rings. The van der Waals surface area contributed by atoms with Gasteiger partial charge in [0.15, 0.2) is 17.4 Å². The number of aryl methyl sites for hydroxylation is 3. The summed E-state index contributed by atoms with van der Waals surface area (Å²) in [6.45, 7) is 9.20. The predicted octanol–water partition coefficient (Wildman–Crippen LogP) is 6.24. The molecule has 1 aromatic heterocycles.